The van der Waals surface area contributed by atoms with Crippen molar-refractivity contribution in [2.24, 2.45) is 0 Å². The molecule has 0 aromatic heterocycles. The lowest BCUT2D eigenvalue weighted by Crippen LogP contribution is -2.53. The highest BCUT2D eigenvalue weighted by Gasteiger charge is 2.33. The molecule has 1 aliphatic carbocycles. The first-order chi connectivity index (χ1) is 20.2. The standard InChI is InChI=1S/C32H38ClN3O5S/c1-3-41-29-18-20-30(21-19-29)42(39,40)36(28-12-8-5-9-13-28)23-31(37)35(22-25-14-16-26(33)17-15-25)24(2)32(38)34-27-10-6-4-7-11-27/h5,8-9,12-21,24,27H,3-4,6-7,10-11,22-23H2,1-2H3,(H,34,38)/t24-/m1/s1. The number of hydrogen-bond acceptors (Lipinski definition) is 5. The maximum absolute atomic E-state index is 14.0. The lowest BCUT2D eigenvalue weighted by molar-refractivity contribution is -0.139. The topological polar surface area (TPSA) is 96.0 Å². The molecule has 3 aromatic carbocycles. The molecule has 1 aliphatic rings. The second-order valence-electron chi connectivity index (χ2n) is 10.4. The molecule has 0 saturated heterocycles. The van der Waals surface area contributed by atoms with E-state index in [0.717, 1.165) is 42.0 Å². The minimum absolute atomic E-state index is 0.0231. The molecule has 0 heterocycles. The number of sulfonamides is 1. The van der Waals surface area contributed by atoms with E-state index in [4.69, 9.17) is 16.3 Å². The van der Waals surface area contributed by atoms with Crippen LogP contribution in [0.5, 0.6) is 5.75 Å². The summed E-state index contributed by atoms with van der Waals surface area (Å²) in [7, 11) is -4.15. The fourth-order valence-corrected chi connectivity index (χ4v) is 6.60. The van der Waals surface area contributed by atoms with Gasteiger partial charge < -0.3 is 15.0 Å². The van der Waals surface area contributed by atoms with Crippen LogP contribution in [0.1, 0.15) is 51.5 Å². The Balaban J connectivity index is 1.64. The average Bonchev–Trinajstić information content (AvgIpc) is 3.00. The maximum Gasteiger partial charge on any atom is 0.264 e. The molecule has 0 bridgehead atoms. The normalized spacial score (nSPS) is 14.5. The average molecular weight is 612 g/mol. The van der Waals surface area contributed by atoms with Gasteiger partial charge in [0, 0.05) is 17.6 Å². The molecule has 2 amide bonds. The maximum atomic E-state index is 14.0. The number of carbonyl (C=O) groups is 2. The second-order valence-corrected chi connectivity index (χ2v) is 12.7. The number of nitrogens with zero attached hydrogens (tertiary/aromatic N) is 2. The molecule has 10 heteroatoms. The number of nitrogens with one attached hydrogen (secondary N) is 1. The van der Waals surface area contributed by atoms with Crippen molar-refractivity contribution in [1.29, 1.82) is 0 Å². The van der Waals surface area contributed by atoms with E-state index < -0.39 is 28.5 Å². The minimum Gasteiger partial charge on any atom is -0.494 e. The smallest absolute Gasteiger partial charge is 0.264 e. The zero-order valence-electron chi connectivity index (χ0n) is 24.0. The molecule has 1 atom stereocenters. The van der Waals surface area contributed by atoms with Gasteiger partial charge >= 0.3 is 0 Å². The predicted octanol–water partition coefficient (Wildman–Crippen LogP) is 5.80. The number of rotatable bonds is 12. The van der Waals surface area contributed by atoms with Crippen LogP contribution in [-0.4, -0.2) is 50.4 Å². The summed E-state index contributed by atoms with van der Waals surface area (Å²) in [6.07, 6.45) is 5.09. The van der Waals surface area contributed by atoms with Gasteiger partial charge in [-0.15, -0.1) is 0 Å². The molecular formula is C32H38ClN3O5S. The minimum atomic E-state index is -4.15. The van der Waals surface area contributed by atoms with Crippen molar-refractivity contribution in [2.45, 2.75) is 69.5 Å². The van der Waals surface area contributed by atoms with Crippen molar-refractivity contribution in [3.63, 3.8) is 0 Å². The van der Waals surface area contributed by atoms with Gasteiger partial charge in [0.1, 0.15) is 18.3 Å². The highest BCUT2D eigenvalue weighted by Crippen LogP contribution is 2.26. The molecule has 1 saturated carbocycles. The molecule has 0 aliphatic heterocycles. The molecule has 8 nitrogen and oxygen atoms in total. The summed E-state index contributed by atoms with van der Waals surface area (Å²) < 4.78 is 34.4. The van der Waals surface area contributed by atoms with Gasteiger partial charge in [0.2, 0.25) is 11.8 Å². The lowest BCUT2D eigenvalue weighted by atomic mass is 9.95. The van der Waals surface area contributed by atoms with Crippen molar-refractivity contribution >= 4 is 39.1 Å². The number of para-hydroxylation sites is 1. The van der Waals surface area contributed by atoms with E-state index in [2.05, 4.69) is 5.32 Å². The first kappa shape index (κ1) is 31.4. The first-order valence-corrected chi connectivity index (χ1v) is 16.2. The van der Waals surface area contributed by atoms with Crippen LogP contribution < -0.4 is 14.4 Å². The number of benzene rings is 3. The van der Waals surface area contributed by atoms with Crippen molar-refractivity contribution in [2.75, 3.05) is 17.5 Å². The van der Waals surface area contributed by atoms with E-state index >= 15 is 0 Å². The van der Waals surface area contributed by atoms with E-state index in [9.17, 15) is 18.0 Å². The van der Waals surface area contributed by atoms with Gasteiger partial charge in [-0.3, -0.25) is 13.9 Å². The van der Waals surface area contributed by atoms with E-state index in [1.165, 1.54) is 17.0 Å². The number of halogens is 1. The molecule has 3 aromatic rings. The van der Waals surface area contributed by atoms with Crippen LogP contribution in [0, 0.1) is 0 Å². The van der Waals surface area contributed by atoms with Crippen LogP contribution in [0.2, 0.25) is 5.02 Å². The van der Waals surface area contributed by atoms with Crippen molar-refractivity contribution in [3.8, 4) is 5.75 Å². The molecular weight excluding hydrogens is 574 g/mol. The number of hydrogen-bond donors (Lipinski definition) is 1. The van der Waals surface area contributed by atoms with Gasteiger partial charge in [-0.1, -0.05) is 61.2 Å². The van der Waals surface area contributed by atoms with Crippen LogP contribution in [-0.2, 0) is 26.2 Å². The summed E-state index contributed by atoms with van der Waals surface area (Å²) in [5.74, 6) is -0.217. The van der Waals surface area contributed by atoms with E-state index in [-0.39, 0.29) is 23.4 Å². The molecule has 0 unspecified atom stereocenters. The van der Waals surface area contributed by atoms with Crippen molar-refractivity contribution in [3.05, 3.63) is 89.4 Å². The quantitative estimate of drug-likeness (QED) is 0.279. The molecule has 4 rings (SSSR count). The third-order valence-corrected chi connectivity index (χ3v) is 9.47. The fourth-order valence-electron chi connectivity index (χ4n) is 5.06. The summed E-state index contributed by atoms with van der Waals surface area (Å²) in [6.45, 7) is 3.60. The summed E-state index contributed by atoms with van der Waals surface area (Å²) in [5, 5.41) is 3.66. The van der Waals surface area contributed by atoms with Gasteiger partial charge in [-0.2, -0.15) is 0 Å². The number of carbonyl (C=O) groups excluding carboxylic acids is 2. The third kappa shape index (κ3) is 8.04. The van der Waals surface area contributed by atoms with Gasteiger partial charge in [0.05, 0.1) is 17.2 Å². The SMILES string of the molecule is CCOc1ccc(S(=O)(=O)N(CC(=O)N(Cc2ccc(Cl)cc2)[C@H](C)C(=O)NC2CCCCC2)c2ccccc2)cc1. The number of amides is 2. The molecule has 0 radical (unpaired) electrons. The van der Waals surface area contributed by atoms with Crippen molar-refractivity contribution in [1.82, 2.24) is 10.2 Å². The van der Waals surface area contributed by atoms with E-state index in [1.807, 2.05) is 6.92 Å². The molecule has 42 heavy (non-hydrogen) atoms. The van der Waals surface area contributed by atoms with E-state index in [1.54, 1.807) is 73.7 Å². The highest BCUT2D eigenvalue weighted by atomic mass is 35.5. The molecule has 1 N–H and O–H groups in total. The van der Waals surface area contributed by atoms with Crippen LogP contribution in [0.4, 0.5) is 5.69 Å². The summed E-state index contributed by atoms with van der Waals surface area (Å²) in [6, 6.07) is 20.9. The van der Waals surface area contributed by atoms with Crippen LogP contribution in [0.15, 0.2) is 83.8 Å². The highest BCUT2D eigenvalue weighted by molar-refractivity contribution is 7.92. The Morgan fingerprint density at radius 3 is 2.21 bits per heavy atom. The number of ether oxygens (including phenoxy) is 1. The fraction of sp³-hybridized carbons (Fsp3) is 0.375. The Hall–Kier alpha value is -3.56. The zero-order chi connectivity index (χ0) is 30.1. The lowest BCUT2D eigenvalue weighted by Gasteiger charge is -2.33. The van der Waals surface area contributed by atoms with Gasteiger partial charge in [-0.05, 0) is 80.8 Å². The Morgan fingerprint density at radius 2 is 1.60 bits per heavy atom. The van der Waals surface area contributed by atoms with Gasteiger partial charge in [0.15, 0.2) is 0 Å². The van der Waals surface area contributed by atoms with Gasteiger partial charge in [0.25, 0.3) is 10.0 Å². The summed E-state index contributed by atoms with van der Waals surface area (Å²) in [4.78, 5) is 28.9. The largest absolute Gasteiger partial charge is 0.494 e. The molecule has 1 fully saturated rings. The predicted molar refractivity (Wildman–Crippen MR) is 165 cm³/mol. The Labute approximate surface area is 253 Å². The summed E-state index contributed by atoms with van der Waals surface area (Å²) >= 11 is 6.08. The third-order valence-electron chi connectivity index (χ3n) is 7.43. The number of anilines is 1. The van der Waals surface area contributed by atoms with Crippen LogP contribution >= 0.6 is 11.6 Å². The Kier molecular flexibility index (Phi) is 10.9. The van der Waals surface area contributed by atoms with E-state index in [0.29, 0.717) is 23.1 Å². The summed E-state index contributed by atoms with van der Waals surface area (Å²) in [5.41, 5.74) is 1.11. The zero-order valence-corrected chi connectivity index (χ0v) is 25.6. The monoisotopic (exact) mass is 611 g/mol. The van der Waals surface area contributed by atoms with Crippen LogP contribution in [0.3, 0.4) is 0 Å². The Morgan fingerprint density at radius 1 is 0.952 bits per heavy atom. The molecule has 0 spiro atoms. The Bertz CT molecular complexity index is 1430. The second kappa shape index (κ2) is 14.6. The first-order valence-electron chi connectivity index (χ1n) is 14.3. The van der Waals surface area contributed by atoms with Gasteiger partial charge in [-0.25, -0.2) is 8.42 Å². The van der Waals surface area contributed by atoms with Crippen molar-refractivity contribution < 1.29 is 22.7 Å². The van der Waals surface area contributed by atoms with Crippen LogP contribution in [0.25, 0.3) is 0 Å². The molecule has 224 valence electrons.